The van der Waals surface area contributed by atoms with Crippen molar-refractivity contribution in [2.24, 2.45) is 0 Å². The van der Waals surface area contributed by atoms with Crippen LogP contribution in [0.4, 0.5) is 4.79 Å². The topological polar surface area (TPSA) is 49.8 Å². The first-order valence-electron chi connectivity index (χ1n) is 3.60. The van der Waals surface area contributed by atoms with E-state index in [-0.39, 0.29) is 12.6 Å². The molecule has 0 amide bonds. The quantitative estimate of drug-likeness (QED) is 0.625. The number of likely N-dealkylation sites (N-methyl/N-ethyl adjacent to an activating group) is 1. The highest BCUT2D eigenvalue weighted by Crippen LogP contribution is 1.99. The maximum absolute atomic E-state index is 10.0. The van der Waals surface area contributed by atoms with Gasteiger partial charge in [-0.1, -0.05) is 6.92 Å². The van der Waals surface area contributed by atoms with E-state index >= 15 is 0 Å². The van der Waals surface area contributed by atoms with Crippen molar-refractivity contribution in [3.05, 3.63) is 0 Å². The molecule has 0 aromatic heterocycles. The second-order valence-corrected chi connectivity index (χ2v) is 2.60. The zero-order chi connectivity index (χ0) is 8.85. The minimum atomic E-state index is -1.20. The van der Waals surface area contributed by atoms with Crippen molar-refractivity contribution < 1.29 is 14.6 Å². The van der Waals surface area contributed by atoms with Gasteiger partial charge in [-0.25, -0.2) is 4.79 Å². The van der Waals surface area contributed by atoms with E-state index in [1.165, 1.54) is 0 Å². The van der Waals surface area contributed by atoms with E-state index in [1.807, 2.05) is 25.9 Å². The first kappa shape index (κ1) is 10.2. The van der Waals surface area contributed by atoms with E-state index in [1.54, 1.807) is 0 Å². The monoisotopic (exact) mass is 161 g/mol. The van der Waals surface area contributed by atoms with Gasteiger partial charge in [-0.2, -0.15) is 0 Å². The predicted octanol–water partition coefficient (Wildman–Crippen LogP) is 1.02. The molecule has 0 aromatic carbocycles. The molecule has 0 radical (unpaired) electrons. The lowest BCUT2D eigenvalue weighted by Crippen LogP contribution is -2.32. The van der Waals surface area contributed by atoms with E-state index < -0.39 is 6.16 Å². The van der Waals surface area contributed by atoms with Crippen LogP contribution in [-0.4, -0.2) is 42.9 Å². The van der Waals surface area contributed by atoms with Crippen LogP contribution in [0.25, 0.3) is 0 Å². The molecule has 0 aliphatic heterocycles. The highest BCUT2D eigenvalue weighted by molar-refractivity contribution is 5.56. The Morgan fingerprint density at radius 3 is 2.45 bits per heavy atom. The second kappa shape index (κ2) is 4.96. The highest BCUT2D eigenvalue weighted by atomic mass is 16.7. The zero-order valence-corrected chi connectivity index (χ0v) is 7.20. The molecule has 0 saturated carbocycles. The Labute approximate surface area is 66.8 Å². The summed E-state index contributed by atoms with van der Waals surface area (Å²) in [7, 11) is 3.80. The van der Waals surface area contributed by atoms with Crippen molar-refractivity contribution in [2.75, 3.05) is 20.7 Å². The van der Waals surface area contributed by atoms with Crippen LogP contribution in [0.3, 0.4) is 0 Å². The molecule has 0 spiro atoms. The molecule has 0 bridgehead atoms. The van der Waals surface area contributed by atoms with Crippen LogP contribution < -0.4 is 0 Å². The first-order chi connectivity index (χ1) is 5.07. The van der Waals surface area contributed by atoms with Crippen LogP contribution in [0.2, 0.25) is 0 Å². The fraction of sp³-hybridized carbons (Fsp3) is 0.857. The molecule has 4 heteroatoms. The van der Waals surface area contributed by atoms with Gasteiger partial charge in [-0.15, -0.1) is 0 Å². The SMILES string of the molecule is CCC(COC(=O)O)N(C)C. The molecule has 0 aliphatic carbocycles. The average Bonchev–Trinajstić information content (AvgIpc) is 1.87. The van der Waals surface area contributed by atoms with Crippen LogP contribution in [0.1, 0.15) is 13.3 Å². The zero-order valence-electron chi connectivity index (χ0n) is 7.20. The van der Waals surface area contributed by atoms with Gasteiger partial charge < -0.3 is 14.7 Å². The van der Waals surface area contributed by atoms with Gasteiger partial charge in [0.05, 0.1) is 0 Å². The van der Waals surface area contributed by atoms with Crippen LogP contribution in [-0.2, 0) is 4.74 Å². The van der Waals surface area contributed by atoms with Crippen molar-refractivity contribution in [2.45, 2.75) is 19.4 Å². The molecule has 11 heavy (non-hydrogen) atoms. The lowest BCUT2D eigenvalue weighted by molar-refractivity contribution is 0.0666. The van der Waals surface area contributed by atoms with Gasteiger partial charge in [0.2, 0.25) is 0 Å². The van der Waals surface area contributed by atoms with Crippen molar-refractivity contribution in [3.63, 3.8) is 0 Å². The Bertz CT molecular complexity index is 125. The third kappa shape index (κ3) is 4.61. The van der Waals surface area contributed by atoms with Gasteiger partial charge in [-0.05, 0) is 20.5 Å². The van der Waals surface area contributed by atoms with E-state index in [4.69, 9.17) is 5.11 Å². The number of nitrogens with zero attached hydrogens (tertiary/aromatic N) is 1. The Kier molecular flexibility index (Phi) is 4.61. The highest BCUT2D eigenvalue weighted by Gasteiger charge is 2.10. The van der Waals surface area contributed by atoms with E-state index in [0.717, 1.165) is 6.42 Å². The fourth-order valence-corrected chi connectivity index (χ4v) is 0.800. The molecule has 1 N–H and O–H groups in total. The minimum absolute atomic E-state index is 0.186. The van der Waals surface area contributed by atoms with Crippen LogP contribution >= 0.6 is 0 Å². The number of ether oxygens (including phenoxy) is 1. The number of hydrogen-bond donors (Lipinski definition) is 1. The number of rotatable bonds is 4. The Morgan fingerprint density at radius 1 is 1.64 bits per heavy atom. The minimum Gasteiger partial charge on any atom is -0.450 e. The van der Waals surface area contributed by atoms with Gasteiger partial charge in [0, 0.05) is 6.04 Å². The van der Waals surface area contributed by atoms with Gasteiger partial charge in [0.25, 0.3) is 0 Å². The summed E-state index contributed by atoms with van der Waals surface area (Å²) < 4.78 is 4.43. The molecule has 1 atom stereocenters. The molecule has 0 fully saturated rings. The molecule has 0 saturated heterocycles. The van der Waals surface area contributed by atoms with Gasteiger partial charge >= 0.3 is 6.16 Å². The maximum Gasteiger partial charge on any atom is 0.505 e. The Balaban J connectivity index is 3.61. The third-order valence-corrected chi connectivity index (χ3v) is 1.60. The van der Waals surface area contributed by atoms with E-state index in [0.29, 0.717) is 0 Å². The summed E-state index contributed by atoms with van der Waals surface area (Å²) in [6.07, 6.45) is -0.314. The van der Waals surface area contributed by atoms with Crippen LogP contribution in [0.5, 0.6) is 0 Å². The van der Waals surface area contributed by atoms with Crippen LogP contribution in [0, 0.1) is 0 Å². The molecule has 4 nitrogen and oxygen atoms in total. The summed E-state index contributed by atoms with van der Waals surface area (Å²) in [6.45, 7) is 2.24. The van der Waals surface area contributed by atoms with Gasteiger partial charge in [0.15, 0.2) is 0 Å². The summed E-state index contributed by atoms with van der Waals surface area (Å²) in [5.41, 5.74) is 0. The lowest BCUT2D eigenvalue weighted by atomic mass is 10.2. The summed E-state index contributed by atoms with van der Waals surface area (Å²) in [4.78, 5) is 11.9. The standard InChI is InChI=1S/C7H15NO3/c1-4-6(8(2)3)5-11-7(9)10/h6H,4-5H2,1-3H3,(H,9,10). The normalized spacial score (nSPS) is 13.1. The average molecular weight is 161 g/mol. The van der Waals surface area contributed by atoms with Crippen molar-refractivity contribution in [1.82, 2.24) is 4.90 Å². The molecular weight excluding hydrogens is 146 g/mol. The largest absolute Gasteiger partial charge is 0.505 e. The van der Waals surface area contributed by atoms with Crippen molar-refractivity contribution in [1.29, 1.82) is 0 Å². The Hall–Kier alpha value is -0.770. The summed E-state index contributed by atoms with van der Waals surface area (Å²) in [6, 6.07) is 0.186. The molecule has 0 rings (SSSR count). The summed E-state index contributed by atoms with van der Waals surface area (Å²) in [5, 5.41) is 8.20. The summed E-state index contributed by atoms with van der Waals surface area (Å²) >= 11 is 0. The molecule has 66 valence electrons. The van der Waals surface area contributed by atoms with Crippen LogP contribution in [0.15, 0.2) is 0 Å². The summed E-state index contributed by atoms with van der Waals surface area (Å²) in [5.74, 6) is 0. The first-order valence-corrected chi connectivity index (χ1v) is 3.60. The number of hydrogen-bond acceptors (Lipinski definition) is 3. The third-order valence-electron chi connectivity index (χ3n) is 1.60. The maximum atomic E-state index is 10.0. The second-order valence-electron chi connectivity index (χ2n) is 2.60. The van der Waals surface area contributed by atoms with Crippen molar-refractivity contribution >= 4 is 6.16 Å². The number of carboxylic acid groups (broad SMARTS) is 1. The number of carbonyl (C=O) groups is 1. The Morgan fingerprint density at radius 2 is 2.18 bits per heavy atom. The van der Waals surface area contributed by atoms with Gasteiger partial charge in [-0.3, -0.25) is 0 Å². The lowest BCUT2D eigenvalue weighted by Gasteiger charge is -2.21. The smallest absolute Gasteiger partial charge is 0.450 e. The van der Waals surface area contributed by atoms with E-state index in [9.17, 15) is 4.79 Å². The molecule has 1 unspecified atom stereocenters. The van der Waals surface area contributed by atoms with Gasteiger partial charge in [0.1, 0.15) is 6.61 Å². The van der Waals surface area contributed by atoms with E-state index in [2.05, 4.69) is 4.74 Å². The molecular formula is C7H15NO3. The molecule has 0 aromatic rings. The predicted molar refractivity (Wildman–Crippen MR) is 41.7 cm³/mol. The van der Waals surface area contributed by atoms with Crippen molar-refractivity contribution in [3.8, 4) is 0 Å². The fourth-order valence-electron chi connectivity index (χ4n) is 0.800. The molecule has 0 aliphatic rings. The molecule has 0 heterocycles.